The fourth-order valence-corrected chi connectivity index (χ4v) is 3.00. The summed E-state index contributed by atoms with van der Waals surface area (Å²) in [6.07, 6.45) is 6.35. The van der Waals surface area contributed by atoms with Gasteiger partial charge in [-0.2, -0.15) is 4.98 Å². The lowest BCUT2D eigenvalue weighted by Gasteiger charge is -2.06. The van der Waals surface area contributed by atoms with E-state index in [1.54, 1.807) is 11.8 Å². The summed E-state index contributed by atoms with van der Waals surface area (Å²) in [4.78, 5) is 8.73. The standard InChI is InChI=1S/C16H18N4OS/c1-2-3-4-7-10-22-16-18-15-14(19-20-16)12-8-5-6-9-13(12)17-11-21-15/h5-6,8-9,11H,2-4,7,10H2,1H3. The van der Waals surface area contributed by atoms with Gasteiger partial charge in [-0.3, -0.25) is 0 Å². The van der Waals surface area contributed by atoms with Crippen molar-refractivity contribution in [1.29, 1.82) is 0 Å². The third-order valence-electron chi connectivity index (χ3n) is 3.38. The van der Waals surface area contributed by atoms with Crippen LogP contribution in [-0.2, 0) is 0 Å². The molecule has 1 aliphatic rings. The third-order valence-corrected chi connectivity index (χ3v) is 4.30. The summed E-state index contributed by atoms with van der Waals surface area (Å²) in [6.45, 7) is 2.21. The second-order valence-corrected chi connectivity index (χ2v) is 6.09. The first-order valence-corrected chi connectivity index (χ1v) is 8.53. The van der Waals surface area contributed by atoms with Crippen LogP contribution in [0.1, 0.15) is 32.6 Å². The van der Waals surface area contributed by atoms with E-state index in [4.69, 9.17) is 4.74 Å². The number of ether oxygens (including phenoxy) is 1. The monoisotopic (exact) mass is 314 g/mol. The van der Waals surface area contributed by atoms with Gasteiger partial charge in [-0.15, -0.1) is 10.2 Å². The van der Waals surface area contributed by atoms with Gasteiger partial charge >= 0.3 is 0 Å². The van der Waals surface area contributed by atoms with E-state index in [-0.39, 0.29) is 0 Å². The van der Waals surface area contributed by atoms with E-state index in [9.17, 15) is 0 Å². The lowest BCUT2D eigenvalue weighted by Crippen LogP contribution is -2.00. The van der Waals surface area contributed by atoms with E-state index < -0.39 is 0 Å². The van der Waals surface area contributed by atoms with Gasteiger partial charge in [0.25, 0.3) is 5.88 Å². The second kappa shape index (κ2) is 7.35. The van der Waals surface area contributed by atoms with E-state index in [1.165, 1.54) is 32.1 Å². The predicted molar refractivity (Wildman–Crippen MR) is 88.9 cm³/mol. The third kappa shape index (κ3) is 3.44. The average molecular weight is 314 g/mol. The molecule has 1 aromatic heterocycles. The van der Waals surface area contributed by atoms with E-state index in [2.05, 4.69) is 27.1 Å². The van der Waals surface area contributed by atoms with Crippen molar-refractivity contribution in [2.24, 2.45) is 4.99 Å². The van der Waals surface area contributed by atoms with Crippen molar-refractivity contribution in [3.8, 4) is 17.1 Å². The molecule has 0 bridgehead atoms. The molecule has 3 rings (SSSR count). The summed E-state index contributed by atoms with van der Waals surface area (Å²) in [5, 5.41) is 9.17. The molecule has 2 aromatic rings. The highest BCUT2D eigenvalue weighted by Crippen LogP contribution is 2.35. The molecule has 5 nitrogen and oxygen atoms in total. The molecule has 1 aromatic carbocycles. The highest BCUT2D eigenvalue weighted by Gasteiger charge is 2.17. The van der Waals surface area contributed by atoms with Gasteiger partial charge in [-0.05, 0) is 12.5 Å². The van der Waals surface area contributed by atoms with Crippen molar-refractivity contribution in [1.82, 2.24) is 15.2 Å². The molecule has 1 aliphatic heterocycles. The first kappa shape index (κ1) is 15.0. The number of thioether (sulfide) groups is 1. The zero-order valence-corrected chi connectivity index (χ0v) is 13.3. The summed E-state index contributed by atoms with van der Waals surface area (Å²) in [5.74, 6) is 1.48. The minimum absolute atomic E-state index is 0.472. The lowest BCUT2D eigenvalue weighted by molar-refractivity contribution is 0.533. The molecular formula is C16H18N4OS. The number of benzene rings is 1. The van der Waals surface area contributed by atoms with Crippen LogP contribution < -0.4 is 4.74 Å². The molecule has 6 heteroatoms. The Hall–Kier alpha value is -1.95. The first-order chi connectivity index (χ1) is 10.9. The van der Waals surface area contributed by atoms with Crippen LogP contribution in [0.3, 0.4) is 0 Å². The smallest absolute Gasteiger partial charge is 0.251 e. The average Bonchev–Trinajstić information content (AvgIpc) is 2.73. The SMILES string of the molecule is CCCCCCSc1nnc2c(n1)OC=Nc1ccccc1-2. The molecule has 22 heavy (non-hydrogen) atoms. The maximum absolute atomic E-state index is 5.50. The van der Waals surface area contributed by atoms with Gasteiger partial charge in [-0.25, -0.2) is 4.99 Å². The first-order valence-electron chi connectivity index (χ1n) is 7.54. The molecule has 0 radical (unpaired) electrons. The Morgan fingerprint density at radius 2 is 2.00 bits per heavy atom. The molecule has 0 amide bonds. The zero-order valence-electron chi connectivity index (χ0n) is 12.5. The second-order valence-electron chi connectivity index (χ2n) is 5.03. The largest absolute Gasteiger partial charge is 0.425 e. The van der Waals surface area contributed by atoms with Crippen molar-refractivity contribution in [3.05, 3.63) is 24.3 Å². The van der Waals surface area contributed by atoms with Gasteiger partial charge in [0.05, 0.1) is 5.69 Å². The van der Waals surface area contributed by atoms with Crippen LogP contribution in [0.25, 0.3) is 11.3 Å². The topological polar surface area (TPSA) is 60.3 Å². The molecule has 0 aliphatic carbocycles. The van der Waals surface area contributed by atoms with Crippen molar-refractivity contribution in [2.45, 2.75) is 37.8 Å². The number of unbranched alkanes of at least 4 members (excludes halogenated alkanes) is 3. The van der Waals surface area contributed by atoms with Crippen LogP contribution in [0.2, 0.25) is 0 Å². The molecule has 0 saturated carbocycles. The maximum Gasteiger partial charge on any atom is 0.251 e. The molecule has 0 saturated heterocycles. The van der Waals surface area contributed by atoms with Crippen LogP contribution in [-0.4, -0.2) is 27.3 Å². The Bertz CT molecular complexity index is 675. The Kier molecular flexibility index (Phi) is 5.00. The lowest BCUT2D eigenvalue weighted by atomic mass is 10.1. The van der Waals surface area contributed by atoms with Gasteiger partial charge in [0, 0.05) is 11.3 Å². The van der Waals surface area contributed by atoms with Crippen molar-refractivity contribution in [2.75, 3.05) is 5.75 Å². The molecular weight excluding hydrogens is 296 g/mol. The number of aliphatic imine (C=N–C) groups is 1. The van der Waals surface area contributed by atoms with Crippen molar-refractivity contribution >= 4 is 23.8 Å². The predicted octanol–water partition coefficient (Wildman–Crippen LogP) is 4.26. The van der Waals surface area contributed by atoms with Crippen molar-refractivity contribution in [3.63, 3.8) is 0 Å². The van der Waals surface area contributed by atoms with Crippen LogP contribution >= 0.6 is 11.8 Å². The van der Waals surface area contributed by atoms with Gasteiger partial charge in [0.2, 0.25) is 5.16 Å². The summed E-state index contributed by atoms with van der Waals surface area (Å²) in [5.41, 5.74) is 2.35. The fourth-order valence-electron chi connectivity index (χ4n) is 2.22. The Morgan fingerprint density at radius 1 is 1.09 bits per heavy atom. The molecule has 0 N–H and O–H groups in total. The maximum atomic E-state index is 5.50. The fraction of sp³-hybridized carbons (Fsp3) is 0.375. The van der Waals surface area contributed by atoms with Crippen LogP contribution in [0.15, 0.2) is 34.4 Å². The van der Waals surface area contributed by atoms with E-state index in [1.807, 2.05) is 24.3 Å². The van der Waals surface area contributed by atoms with E-state index >= 15 is 0 Å². The molecule has 0 unspecified atom stereocenters. The number of rotatable bonds is 6. The minimum Gasteiger partial charge on any atom is -0.425 e. The van der Waals surface area contributed by atoms with E-state index in [0.717, 1.165) is 17.0 Å². The molecule has 0 atom stereocenters. The highest BCUT2D eigenvalue weighted by atomic mass is 32.2. The quantitative estimate of drug-likeness (QED) is 0.589. The molecule has 0 spiro atoms. The highest BCUT2D eigenvalue weighted by molar-refractivity contribution is 7.99. The summed E-state index contributed by atoms with van der Waals surface area (Å²) in [7, 11) is 0. The zero-order chi connectivity index (χ0) is 15.2. The molecule has 114 valence electrons. The van der Waals surface area contributed by atoms with Crippen molar-refractivity contribution < 1.29 is 4.74 Å². The summed E-state index contributed by atoms with van der Waals surface area (Å²) >= 11 is 1.62. The Morgan fingerprint density at radius 3 is 2.91 bits per heavy atom. The van der Waals surface area contributed by atoms with Gasteiger partial charge in [0.1, 0.15) is 0 Å². The summed E-state index contributed by atoms with van der Waals surface area (Å²) < 4.78 is 5.50. The van der Waals surface area contributed by atoms with Crippen LogP contribution in [0.5, 0.6) is 5.88 Å². The summed E-state index contributed by atoms with van der Waals surface area (Å²) in [6, 6.07) is 7.75. The van der Waals surface area contributed by atoms with Gasteiger partial charge < -0.3 is 4.74 Å². The van der Waals surface area contributed by atoms with Gasteiger partial charge in [0.15, 0.2) is 12.1 Å². The Labute approximate surface area is 134 Å². The minimum atomic E-state index is 0.472. The number of hydrogen-bond acceptors (Lipinski definition) is 6. The molecule has 2 heterocycles. The normalized spacial score (nSPS) is 12.2. The number of para-hydroxylation sites is 1. The number of fused-ring (bicyclic) bond motifs is 3. The number of nitrogens with zero attached hydrogens (tertiary/aromatic N) is 4. The van der Waals surface area contributed by atoms with Crippen LogP contribution in [0.4, 0.5) is 5.69 Å². The van der Waals surface area contributed by atoms with E-state index in [0.29, 0.717) is 16.7 Å². The Balaban J connectivity index is 1.75. The number of hydrogen-bond donors (Lipinski definition) is 0. The number of aromatic nitrogens is 3. The molecule has 0 fully saturated rings. The van der Waals surface area contributed by atoms with Gasteiger partial charge in [-0.1, -0.05) is 56.1 Å². The van der Waals surface area contributed by atoms with Crippen LogP contribution in [0, 0.1) is 0 Å².